The van der Waals surface area contributed by atoms with Crippen LogP contribution in [0.2, 0.25) is 0 Å². The molecule has 0 saturated carbocycles. The lowest BCUT2D eigenvalue weighted by atomic mass is 10.3. The van der Waals surface area contributed by atoms with Gasteiger partial charge in [0.25, 0.3) is 0 Å². The van der Waals surface area contributed by atoms with E-state index in [9.17, 15) is 0 Å². The molecule has 0 aliphatic carbocycles. The molecule has 4 nitrogen and oxygen atoms in total. The highest BCUT2D eigenvalue weighted by molar-refractivity contribution is 5.41. The Morgan fingerprint density at radius 2 is 2.12 bits per heavy atom. The summed E-state index contributed by atoms with van der Waals surface area (Å²) in [5.74, 6) is 1.71. The second-order valence-corrected chi connectivity index (χ2v) is 3.94. The quantitative estimate of drug-likeness (QED) is 0.769. The first-order chi connectivity index (χ1) is 7.77. The minimum atomic E-state index is 0.725. The molecular weight excluding hydrogens is 200 g/mol. The van der Waals surface area contributed by atoms with E-state index in [1.165, 1.54) is 12.8 Å². The van der Waals surface area contributed by atoms with Gasteiger partial charge in [-0.2, -0.15) is 4.98 Å². The van der Waals surface area contributed by atoms with Crippen molar-refractivity contribution in [3.8, 4) is 0 Å². The molecule has 0 radical (unpaired) electrons. The zero-order chi connectivity index (χ0) is 11.8. The number of rotatable bonds is 7. The Morgan fingerprint density at radius 1 is 1.31 bits per heavy atom. The number of anilines is 2. The Morgan fingerprint density at radius 3 is 2.81 bits per heavy atom. The zero-order valence-corrected chi connectivity index (χ0v) is 10.5. The number of nitrogens with one attached hydrogen (secondary N) is 1. The average Bonchev–Trinajstić information content (AvgIpc) is 2.33. The van der Waals surface area contributed by atoms with Crippen LogP contribution >= 0.6 is 0 Å². The number of aromatic nitrogens is 2. The summed E-state index contributed by atoms with van der Waals surface area (Å²) in [4.78, 5) is 10.8. The maximum absolute atomic E-state index is 4.47. The van der Waals surface area contributed by atoms with Gasteiger partial charge in [0, 0.05) is 26.3 Å². The van der Waals surface area contributed by atoms with E-state index in [-0.39, 0.29) is 0 Å². The van der Waals surface area contributed by atoms with Crippen molar-refractivity contribution in [3.63, 3.8) is 0 Å². The molecule has 1 aromatic heterocycles. The molecule has 0 atom stereocenters. The number of hydrogen-bond acceptors (Lipinski definition) is 4. The van der Waals surface area contributed by atoms with Crippen LogP contribution in [-0.4, -0.2) is 30.1 Å². The molecule has 0 spiro atoms. The van der Waals surface area contributed by atoms with Crippen molar-refractivity contribution in [2.24, 2.45) is 0 Å². The highest BCUT2D eigenvalue weighted by atomic mass is 15.2. The van der Waals surface area contributed by atoms with Gasteiger partial charge in [-0.3, -0.25) is 0 Å². The largest absolute Gasteiger partial charge is 0.360 e. The zero-order valence-electron chi connectivity index (χ0n) is 10.5. The molecule has 4 heteroatoms. The summed E-state index contributed by atoms with van der Waals surface area (Å²) in [5, 5.41) is 3.20. The molecule has 0 fully saturated rings. The van der Waals surface area contributed by atoms with Gasteiger partial charge in [-0.25, -0.2) is 4.98 Å². The van der Waals surface area contributed by atoms with Crippen molar-refractivity contribution >= 4 is 11.8 Å². The molecule has 1 N–H and O–H groups in total. The summed E-state index contributed by atoms with van der Waals surface area (Å²) in [7, 11) is 2.07. The fourth-order valence-electron chi connectivity index (χ4n) is 1.39. The molecule has 90 valence electrons. The molecule has 1 rings (SSSR count). The Balaban J connectivity index is 2.58. The minimum Gasteiger partial charge on any atom is -0.360 e. The molecule has 0 saturated heterocycles. The van der Waals surface area contributed by atoms with Crippen molar-refractivity contribution < 1.29 is 0 Å². The molecule has 1 aromatic rings. The highest BCUT2D eigenvalue weighted by Gasteiger charge is 2.03. The van der Waals surface area contributed by atoms with Crippen LogP contribution < -0.4 is 10.2 Å². The van der Waals surface area contributed by atoms with E-state index in [1.807, 2.05) is 12.3 Å². The van der Waals surface area contributed by atoms with E-state index >= 15 is 0 Å². The monoisotopic (exact) mass is 222 g/mol. The first kappa shape index (κ1) is 12.7. The van der Waals surface area contributed by atoms with Crippen molar-refractivity contribution in [1.82, 2.24) is 9.97 Å². The lowest BCUT2D eigenvalue weighted by Gasteiger charge is -2.18. The molecule has 0 unspecified atom stereocenters. The van der Waals surface area contributed by atoms with Gasteiger partial charge in [-0.1, -0.05) is 20.3 Å². The topological polar surface area (TPSA) is 41.1 Å². The van der Waals surface area contributed by atoms with Crippen molar-refractivity contribution in [3.05, 3.63) is 12.3 Å². The first-order valence-corrected chi connectivity index (χ1v) is 6.06. The molecule has 0 bridgehead atoms. The van der Waals surface area contributed by atoms with Gasteiger partial charge in [0.05, 0.1) is 0 Å². The summed E-state index contributed by atoms with van der Waals surface area (Å²) in [6.45, 7) is 6.29. The molecular formula is C12H22N4. The molecule has 16 heavy (non-hydrogen) atoms. The second kappa shape index (κ2) is 7.04. The van der Waals surface area contributed by atoms with E-state index in [2.05, 4.69) is 41.1 Å². The third kappa shape index (κ3) is 4.04. The van der Waals surface area contributed by atoms with Crippen molar-refractivity contribution in [1.29, 1.82) is 0 Å². The van der Waals surface area contributed by atoms with Gasteiger partial charge in [0.2, 0.25) is 5.95 Å². The van der Waals surface area contributed by atoms with Crippen molar-refractivity contribution in [2.75, 3.05) is 30.4 Å². The van der Waals surface area contributed by atoms with Gasteiger partial charge < -0.3 is 10.2 Å². The van der Waals surface area contributed by atoms with E-state index in [0.29, 0.717) is 0 Å². The van der Waals surface area contributed by atoms with E-state index < -0.39 is 0 Å². The van der Waals surface area contributed by atoms with Crippen LogP contribution in [0.15, 0.2) is 12.3 Å². The number of unbranched alkanes of at least 4 members (excludes halogenated alkanes) is 1. The van der Waals surface area contributed by atoms with Crippen LogP contribution in [0.4, 0.5) is 11.8 Å². The van der Waals surface area contributed by atoms with Gasteiger partial charge in [-0.15, -0.1) is 0 Å². The molecule has 0 amide bonds. The van der Waals surface area contributed by atoms with E-state index in [1.54, 1.807) is 0 Å². The predicted molar refractivity (Wildman–Crippen MR) is 69.0 cm³/mol. The molecule has 0 aliphatic heterocycles. The fraction of sp³-hybridized carbons (Fsp3) is 0.667. The Labute approximate surface area is 98.1 Å². The van der Waals surface area contributed by atoms with Crippen LogP contribution in [0.25, 0.3) is 0 Å². The van der Waals surface area contributed by atoms with Gasteiger partial charge in [-0.05, 0) is 18.9 Å². The Hall–Kier alpha value is -1.32. The standard InChI is InChI=1S/C12H22N4/c1-4-6-10-16(3)11-7-9-14-12(15-11)13-8-5-2/h7,9H,4-6,8,10H2,1-3H3,(H,13,14,15). The van der Waals surface area contributed by atoms with Crippen LogP contribution in [0.1, 0.15) is 33.1 Å². The fourth-order valence-corrected chi connectivity index (χ4v) is 1.39. The average molecular weight is 222 g/mol. The summed E-state index contributed by atoms with van der Waals surface area (Å²) in [5.41, 5.74) is 0. The maximum Gasteiger partial charge on any atom is 0.224 e. The predicted octanol–water partition coefficient (Wildman–Crippen LogP) is 2.53. The summed E-state index contributed by atoms with van der Waals surface area (Å²) in [6, 6.07) is 1.95. The number of hydrogen-bond donors (Lipinski definition) is 1. The number of nitrogens with zero attached hydrogens (tertiary/aromatic N) is 3. The second-order valence-electron chi connectivity index (χ2n) is 3.94. The Kier molecular flexibility index (Phi) is 5.61. The normalized spacial score (nSPS) is 10.2. The molecule has 0 aliphatic rings. The highest BCUT2D eigenvalue weighted by Crippen LogP contribution is 2.10. The van der Waals surface area contributed by atoms with Crippen LogP contribution in [0.5, 0.6) is 0 Å². The van der Waals surface area contributed by atoms with Gasteiger partial charge in [0.15, 0.2) is 0 Å². The smallest absolute Gasteiger partial charge is 0.224 e. The maximum atomic E-state index is 4.47. The third-order valence-corrected chi connectivity index (χ3v) is 2.41. The molecule has 0 aromatic carbocycles. The van der Waals surface area contributed by atoms with E-state index in [4.69, 9.17) is 0 Å². The van der Waals surface area contributed by atoms with Crippen LogP contribution in [0.3, 0.4) is 0 Å². The van der Waals surface area contributed by atoms with Crippen LogP contribution in [-0.2, 0) is 0 Å². The summed E-state index contributed by atoms with van der Waals surface area (Å²) in [6.07, 6.45) is 5.29. The van der Waals surface area contributed by atoms with Crippen LogP contribution in [0, 0.1) is 0 Å². The summed E-state index contributed by atoms with van der Waals surface area (Å²) >= 11 is 0. The van der Waals surface area contributed by atoms with E-state index in [0.717, 1.165) is 31.3 Å². The van der Waals surface area contributed by atoms with Gasteiger partial charge >= 0.3 is 0 Å². The molecule has 1 heterocycles. The lowest BCUT2D eigenvalue weighted by molar-refractivity contribution is 0.758. The lowest BCUT2D eigenvalue weighted by Crippen LogP contribution is -2.20. The third-order valence-electron chi connectivity index (χ3n) is 2.41. The van der Waals surface area contributed by atoms with Gasteiger partial charge in [0.1, 0.15) is 5.82 Å². The summed E-state index contributed by atoms with van der Waals surface area (Å²) < 4.78 is 0. The Bertz CT molecular complexity index is 301. The van der Waals surface area contributed by atoms with Crippen molar-refractivity contribution in [2.45, 2.75) is 33.1 Å². The first-order valence-electron chi connectivity index (χ1n) is 6.06. The minimum absolute atomic E-state index is 0.725. The SMILES string of the molecule is CCCCN(C)c1ccnc(NCCC)n1.